The molecule has 134 valence electrons. The van der Waals surface area contributed by atoms with Gasteiger partial charge in [0.1, 0.15) is 12.4 Å². The third kappa shape index (κ3) is 4.51. The summed E-state index contributed by atoms with van der Waals surface area (Å²) in [5, 5.41) is 14.8. The Morgan fingerprint density at radius 1 is 1.27 bits per heavy atom. The van der Waals surface area contributed by atoms with Crippen LogP contribution in [0.4, 0.5) is 4.39 Å². The van der Waals surface area contributed by atoms with Gasteiger partial charge >= 0.3 is 0 Å². The molecule has 0 bridgehead atoms. The number of nitrogens with zero attached hydrogens (tertiary/aromatic N) is 4. The van der Waals surface area contributed by atoms with Gasteiger partial charge in [0, 0.05) is 10.0 Å². The van der Waals surface area contributed by atoms with Crippen LogP contribution in [0.5, 0.6) is 0 Å². The molecule has 0 unspecified atom stereocenters. The Bertz CT molecular complexity index is 897. The van der Waals surface area contributed by atoms with Crippen molar-refractivity contribution >= 4 is 21.8 Å². The number of nitrogens with one attached hydrogen (secondary N) is 1. The van der Waals surface area contributed by atoms with Gasteiger partial charge in [-0.2, -0.15) is 4.80 Å². The molecule has 1 heterocycles. The Morgan fingerprint density at radius 2 is 2.04 bits per heavy atom. The number of carbonyl (C=O) groups is 1. The minimum absolute atomic E-state index is 0.0602. The van der Waals surface area contributed by atoms with Crippen molar-refractivity contribution in [3.63, 3.8) is 0 Å². The maximum absolute atomic E-state index is 13.3. The predicted molar refractivity (Wildman–Crippen MR) is 98.5 cm³/mol. The van der Waals surface area contributed by atoms with Crippen molar-refractivity contribution in [2.24, 2.45) is 0 Å². The largest absolute Gasteiger partial charge is 0.348 e. The third-order valence-electron chi connectivity index (χ3n) is 3.84. The fraction of sp³-hybridized carbons (Fsp3) is 0.222. The van der Waals surface area contributed by atoms with Crippen LogP contribution < -0.4 is 5.32 Å². The molecule has 3 rings (SSSR count). The summed E-state index contributed by atoms with van der Waals surface area (Å²) in [7, 11) is 0. The van der Waals surface area contributed by atoms with E-state index in [1.165, 1.54) is 16.9 Å². The molecule has 1 aromatic heterocycles. The number of rotatable bonds is 6. The topological polar surface area (TPSA) is 72.7 Å². The lowest BCUT2D eigenvalue weighted by Gasteiger charge is -2.17. The van der Waals surface area contributed by atoms with Crippen molar-refractivity contribution in [1.82, 2.24) is 25.5 Å². The molecule has 2 aromatic carbocycles. The minimum Gasteiger partial charge on any atom is -0.348 e. The average Bonchev–Trinajstić information content (AvgIpc) is 3.09. The van der Waals surface area contributed by atoms with Gasteiger partial charge in [-0.1, -0.05) is 47.1 Å². The molecule has 0 spiro atoms. The molecule has 6 nitrogen and oxygen atoms in total. The number of hydrogen-bond donors (Lipinski definition) is 1. The van der Waals surface area contributed by atoms with Crippen LogP contribution in [-0.4, -0.2) is 26.1 Å². The molecular weight excluding hydrogens is 401 g/mol. The zero-order chi connectivity index (χ0) is 18.5. The maximum Gasteiger partial charge on any atom is 0.244 e. The number of aromatic nitrogens is 4. The van der Waals surface area contributed by atoms with Gasteiger partial charge in [-0.05, 0) is 41.5 Å². The number of halogens is 2. The molecule has 0 fully saturated rings. The van der Waals surface area contributed by atoms with Crippen LogP contribution in [0.1, 0.15) is 24.9 Å². The molecule has 0 aliphatic heterocycles. The quantitative estimate of drug-likeness (QED) is 0.665. The zero-order valence-corrected chi connectivity index (χ0v) is 15.6. The Labute approximate surface area is 158 Å². The summed E-state index contributed by atoms with van der Waals surface area (Å²) < 4.78 is 14.3. The standard InChI is InChI=1S/C18H17BrFN5O/c1-2-16(12-6-8-14(19)9-7-12)21-17(26)11-25-23-18(22-24-25)13-4-3-5-15(20)10-13/h3-10,16H,2,11H2,1H3,(H,21,26)/t16-/m0/s1. The second kappa shape index (κ2) is 8.18. The number of hydrogen-bond acceptors (Lipinski definition) is 4. The molecule has 0 saturated heterocycles. The Kier molecular flexibility index (Phi) is 5.72. The first-order valence-electron chi connectivity index (χ1n) is 8.13. The van der Waals surface area contributed by atoms with Crippen molar-refractivity contribution in [1.29, 1.82) is 0 Å². The van der Waals surface area contributed by atoms with Gasteiger partial charge in [0.05, 0.1) is 6.04 Å². The predicted octanol–water partition coefficient (Wildman–Crippen LogP) is 3.51. The van der Waals surface area contributed by atoms with Gasteiger partial charge in [0.2, 0.25) is 11.7 Å². The lowest BCUT2D eigenvalue weighted by Crippen LogP contribution is -2.32. The van der Waals surface area contributed by atoms with E-state index < -0.39 is 0 Å². The highest BCUT2D eigenvalue weighted by molar-refractivity contribution is 9.10. The molecule has 0 aliphatic rings. The highest BCUT2D eigenvalue weighted by atomic mass is 79.9. The Morgan fingerprint density at radius 3 is 2.73 bits per heavy atom. The van der Waals surface area contributed by atoms with E-state index in [0.29, 0.717) is 5.56 Å². The van der Waals surface area contributed by atoms with Crippen LogP contribution in [-0.2, 0) is 11.3 Å². The van der Waals surface area contributed by atoms with Crippen LogP contribution in [0, 0.1) is 5.82 Å². The highest BCUT2D eigenvalue weighted by Crippen LogP contribution is 2.19. The summed E-state index contributed by atoms with van der Waals surface area (Å²) in [5.41, 5.74) is 1.54. The summed E-state index contributed by atoms with van der Waals surface area (Å²) >= 11 is 3.40. The van der Waals surface area contributed by atoms with E-state index >= 15 is 0 Å². The van der Waals surface area contributed by atoms with Gasteiger partial charge in [-0.3, -0.25) is 4.79 Å². The third-order valence-corrected chi connectivity index (χ3v) is 4.37. The molecule has 1 atom stereocenters. The lowest BCUT2D eigenvalue weighted by molar-refractivity contribution is -0.122. The number of carbonyl (C=O) groups excluding carboxylic acids is 1. The maximum atomic E-state index is 13.3. The van der Waals surface area contributed by atoms with Crippen LogP contribution in [0.15, 0.2) is 53.0 Å². The Balaban J connectivity index is 1.65. The second-order valence-corrected chi connectivity index (χ2v) is 6.65. The van der Waals surface area contributed by atoms with Crippen molar-refractivity contribution in [2.45, 2.75) is 25.9 Å². The van der Waals surface area contributed by atoms with E-state index in [0.717, 1.165) is 16.5 Å². The van der Waals surface area contributed by atoms with E-state index in [4.69, 9.17) is 0 Å². The fourth-order valence-electron chi connectivity index (χ4n) is 2.54. The number of tetrazole rings is 1. The second-order valence-electron chi connectivity index (χ2n) is 5.73. The summed E-state index contributed by atoms with van der Waals surface area (Å²) in [4.78, 5) is 13.5. The molecule has 1 N–H and O–H groups in total. The van der Waals surface area contributed by atoms with Gasteiger partial charge in [-0.25, -0.2) is 4.39 Å². The molecule has 3 aromatic rings. The molecule has 1 amide bonds. The fourth-order valence-corrected chi connectivity index (χ4v) is 2.80. The van der Waals surface area contributed by atoms with Crippen LogP contribution in [0.25, 0.3) is 11.4 Å². The SMILES string of the molecule is CC[C@H](NC(=O)Cn1nnc(-c2cccc(F)c2)n1)c1ccc(Br)cc1. The first-order valence-corrected chi connectivity index (χ1v) is 8.93. The van der Waals surface area contributed by atoms with Gasteiger partial charge in [-0.15, -0.1) is 10.2 Å². The zero-order valence-electron chi connectivity index (χ0n) is 14.1. The van der Waals surface area contributed by atoms with Crippen LogP contribution in [0.2, 0.25) is 0 Å². The summed E-state index contributed by atoms with van der Waals surface area (Å²) in [6.45, 7) is 1.94. The van der Waals surface area contributed by atoms with E-state index in [-0.39, 0.29) is 30.1 Å². The number of benzene rings is 2. The molecule has 0 radical (unpaired) electrons. The van der Waals surface area contributed by atoms with Gasteiger partial charge < -0.3 is 5.32 Å². The summed E-state index contributed by atoms with van der Waals surface area (Å²) in [6.07, 6.45) is 0.757. The minimum atomic E-state index is -0.378. The molecule has 0 saturated carbocycles. The van der Waals surface area contributed by atoms with Crippen molar-refractivity contribution in [3.05, 3.63) is 64.4 Å². The van der Waals surface area contributed by atoms with E-state index in [1.54, 1.807) is 12.1 Å². The van der Waals surface area contributed by atoms with E-state index in [1.807, 2.05) is 31.2 Å². The van der Waals surface area contributed by atoms with Crippen LogP contribution in [0.3, 0.4) is 0 Å². The smallest absolute Gasteiger partial charge is 0.244 e. The normalized spacial score (nSPS) is 12.0. The van der Waals surface area contributed by atoms with E-state index in [2.05, 4.69) is 36.7 Å². The van der Waals surface area contributed by atoms with Crippen LogP contribution >= 0.6 is 15.9 Å². The van der Waals surface area contributed by atoms with Gasteiger partial charge in [0.25, 0.3) is 0 Å². The first kappa shape index (κ1) is 18.2. The van der Waals surface area contributed by atoms with E-state index in [9.17, 15) is 9.18 Å². The molecule has 0 aliphatic carbocycles. The molecular formula is C18H17BrFN5O. The highest BCUT2D eigenvalue weighted by Gasteiger charge is 2.15. The Hall–Kier alpha value is -2.61. The summed E-state index contributed by atoms with van der Waals surface area (Å²) in [5.74, 6) is -0.322. The van der Waals surface area contributed by atoms with Crippen molar-refractivity contribution < 1.29 is 9.18 Å². The monoisotopic (exact) mass is 417 g/mol. The average molecular weight is 418 g/mol. The van der Waals surface area contributed by atoms with Gasteiger partial charge in [0.15, 0.2) is 0 Å². The van der Waals surface area contributed by atoms with Crippen molar-refractivity contribution in [3.8, 4) is 11.4 Å². The molecule has 26 heavy (non-hydrogen) atoms. The lowest BCUT2D eigenvalue weighted by atomic mass is 10.0. The molecule has 8 heteroatoms. The first-order chi connectivity index (χ1) is 12.5. The summed E-state index contributed by atoms with van der Waals surface area (Å²) in [6, 6.07) is 13.6. The number of amides is 1. The van der Waals surface area contributed by atoms with Crippen molar-refractivity contribution in [2.75, 3.05) is 0 Å².